The van der Waals surface area contributed by atoms with Crippen molar-refractivity contribution in [1.29, 1.82) is 0 Å². The third-order valence-corrected chi connectivity index (χ3v) is 4.48. The van der Waals surface area contributed by atoms with Crippen LogP contribution in [0.1, 0.15) is 13.3 Å². The molecule has 1 aromatic rings. The summed E-state index contributed by atoms with van der Waals surface area (Å²) < 4.78 is 5.13. The zero-order valence-corrected chi connectivity index (χ0v) is 14.1. The average Bonchev–Trinajstić information content (AvgIpc) is 2.48. The van der Waals surface area contributed by atoms with Gasteiger partial charge in [-0.05, 0) is 31.2 Å². The molecule has 118 valence electrons. The first-order valence-corrected chi connectivity index (χ1v) is 7.96. The summed E-state index contributed by atoms with van der Waals surface area (Å²) in [5, 5.41) is 3.30. The number of hydrogen-bond acceptors (Lipinski definition) is 4. The van der Waals surface area contributed by atoms with Gasteiger partial charge in [-0.1, -0.05) is 0 Å². The maximum atomic E-state index is 12.2. The Kier molecular flexibility index (Phi) is 7.93. The minimum absolute atomic E-state index is 0. The Morgan fingerprint density at radius 1 is 1.43 bits per heavy atom. The molecule has 1 N–H and O–H groups in total. The largest absolute Gasteiger partial charge is 0.497 e. The van der Waals surface area contributed by atoms with Gasteiger partial charge in [0.15, 0.2) is 0 Å². The molecule has 6 heteroatoms. The van der Waals surface area contributed by atoms with Crippen molar-refractivity contribution in [3.63, 3.8) is 0 Å². The van der Waals surface area contributed by atoms with Crippen molar-refractivity contribution < 1.29 is 9.53 Å². The van der Waals surface area contributed by atoms with Crippen LogP contribution in [0, 0.1) is 0 Å². The molecule has 1 heterocycles. The third kappa shape index (κ3) is 5.41. The quantitative estimate of drug-likeness (QED) is 0.842. The summed E-state index contributed by atoms with van der Waals surface area (Å²) in [5.74, 6) is 1.95. The predicted octanol–water partition coefficient (Wildman–Crippen LogP) is 2.42. The van der Waals surface area contributed by atoms with Crippen molar-refractivity contribution in [2.24, 2.45) is 0 Å². The van der Waals surface area contributed by atoms with E-state index in [0.29, 0.717) is 12.5 Å². The lowest BCUT2D eigenvalue weighted by Crippen LogP contribution is -2.52. The van der Waals surface area contributed by atoms with Crippen LogP contribution in [0.2, 0.25) is 0 Å². The highest BCUT2D eigenvalue weighted by Crippen LogP contribution is 2.22. The highest BCUT2D eigenvalue weighted by molar-refractivity contribution is 7.99. The average molecular weight is 331 g/mol. The molecule has 0 spiro atoms. The lowest BCUT2D eigenvalue weighted by atomic mass is 10.2. The van der Waals surface area contributed by atoms with Gasteiger partial charge < -0.3 is 15.0 Å². The van der Waals surface area contributed by atoms with Gasteiger partial charge in [0.2, 0.25) is 5.91 Å². The highest BCUT2D eigenvalue weighted by Gasteiger charge is 2.22. The Bertz CT molecular complexity index is 442. The number of piperazine rings is 1. The molecule has 0 unspecified atom stereocenters. The number of nitrogens with one attached hydrogen (secondary N) is 1. The number of ether oxygens (including phenoxy) is 1. The summed E-state index contributed by atoms with van der Waals surface area (Å²) in [6, 6.07) is 8.26. The van der Waals surface area contributed by atoms with Crippen LogP contribution < -0.4 is 10.1 Å². The maximum Gasteiger partial charge on any atom is 0.223 e. The fourth-order valence-corrected chi connectivity index (χ4v) is 3.12. The second-order valence-electron chi connectivity index (χ2n) is 4.91. The Hall–Kier alpha value is -0.910. The monoisotopic (exact) mass is 330 g/mol. The summed E-state index contributed by atoms with van der Waals surface area (Å²) >= 11 is 1.71. The third-order valence-electron chi connectivity index (χ3n) is 3.47. The highest BCUT2D eigenvalue weighted by atomic mass is 35.5. The molecule has 0 aliphatic carbocycles. The van der Waals surface area contributed by atoms with E-state index in [1.807, 2.05) is 29.2 Å². The molecule has 0 radical (unpaired) electrons. The second kappa shape index (κ2) is 9.18. The van der Waals surface area contributed by atoms with E-state index in [-0.39, 0.29) is 18.3 Å². The van der Waals surface area contributed by atoms with Gasteiger partial charge in [-0.3, -0.25) is 4.79 Å². The first-order chi connectivity index (χ1) is 9.70. The molecule has 0 saturated carbocycles. The van der Waals surface area contributed by atoms with Gasteiger partial charge in [0.05, 0.1) is 7.11 Å². The summed E-state index contributed by atoms with van der Waals surface area (Å²) in [6.07, 6.45) is 0.598. The molecular weight excluding hydrogens is 308 g/mol. The zero-order chi connectivity index (χ0) is 14.4. The van der Waals surface area contributed by atoms with E-state index in [2.05, 4.69) is 12.2 Å². The minimum Gasteiger partial charge on any atom is -0.497 e. The van der Waals surface area contributed by atoms with Gasteiger partial charge >= 0.3 is 0 Å². The summed E-state index contributed by atoms with van der Waals surface area (Å²) in [6.45, 7) is 4.73. The predicted molar refractivity (Wildman–Crippen MR) is 89.6 cm³/mol. The molecule has 2 rings (SSSR count). The van der Waals surface area contributed by atoms with Crippen molar-refractivity contribution in [2.45, 2.75) is 24.3 Å². The van der Waals surface area contributed by atoms with E-state index in [9.17, 15) is 4.79 Å². The van der Waals surface area contributed by atoms with E-state index in [1.165, 1.54) is 4.90 Å². The number of carbonyl (C=O) groups excluding carboxylic acids is 1. The van der Waals surface area contributed by atoms with Crippen LogP contribution in [0.5, 0.6) is 5.75 Å². The van der Waals surface area contributed by atoms with Gasteiger partial charge in [-0.25, -0.2) is 0 Å². The van der Waals surface area contributed by atoms with Gasteiger partial charge in [-0.2, -0.15) is 0 Å². The smallest absolute Gasteiger partial charge is 0.223 e. The van der Waals surface area contributed by atoms with Crippen molar-refractivity contribution in [3.8, 4) is 5.75 Å². The zero-order valence-electron chi connectivity index (χ0n) is 12.5. The van der Waals surface area contributed by atoms with Crippen LogP contribution in [0.4, 0.5) is 0 Å². The topological polar surface area (TPSA) is 41.6 Å². The van der Waals surface area contributed by atoms with E-state index in [4.69, 9.17) is 4.74 Å². The fraction of sp³-hybridized carbons (Fsp3) is 0.533. The van der Waals surface area contributed by atoms with Crippen molar-refractivity contribution in [3.05, 3.63) is 24.3 Å². The van der Waals surface area contributed by atoms with Gasteiger partial charge in [-0.15, -0.1) is 24.2 Å². The lowest BCUT2D eigenvalue weighted by Gasteiger charge is -2.34. The van der Waals surface area contributed by atoms with Crippen LogP contribution in [-0.4, -0.2) is 49.3 Å². The number of amides is 1. The number of thioether (sulfide) groups is 1. The van der Waals surface area contributed by atoms with E-state index in [0.717, 1.165) is 31.1 Å². The van der Waals surface area contributed by atoms with Crippen molar-refractivity contribution in [2.75, 3.05) is 32.5 Å². The molecule has 0 bridgehead atoms. The Labute approximate surface area is 137 Å². The lowest BCUT2D eigenvalue weighted by molar-refractivity contribution is -0.133. The molecule has 1 fully saturated rings. The fourth-order valence-electron chi connectivity index (χ4n) is 2.28. The molecule has 1 aliphatic rings. The number of rotatable bonds is 5. The Morgan fingerprint density at radius 3 is 2.76 bits per heavy atom. The number of carbonyl (C=O) groups is 1. The molecule has 0 aromatic heterocycles. The summed E-state index contributed by atoms with van der Waals surface area (Å²) in [4.78, 5) is 15.3. The molecule has 1 amide bonds. The number of nitrogens with zero attached hydrogens (tertiary/aromatic N) is 1. The maximum absolute atomic E-state index is 12.2. The molecule has 1 aromatic carbocycles. The molecule has 21 heavy (non-hydrogen) atoms. The Balaban J connectivity index is 0.00000220. The van der Waals surface area contributed by atoms with Gasteiger partial charge in [0.1, 0.15) is 5.75 Å². The molecule has 1 saturated heterocycles. The normalized spacial score (nSPS) is 18.0. The Morgan fingerprint density at radius 2 is 2.14 bits per heavy atom. The van der Waals surface area contributed by atoms with Gasteiger partial charge in [0, 0.05) is 42.7 Å². The standard InChI is InChI=1S/C15H22N2O2S.ClH/c1-12-11-16-8-9-17(12)15(18)7-10-20-14-5-3-13(19-2)4-6-14;/h3-6,12,16H,7-11H2,1-2H3;1H/t12-;/m1./s1. The molecular formula is C15H23ClN2O2S. The van der Waals surface area contributed by atoms with Crippen LogP contribution in [0.25, 0.3) is 0 Å². The SMILES string of the molecule is COc1ccc(SCCC(=O)N2CCNC[C@H]2C)cc1.Cl. The van der Waals surface area contributed by atoms with Crippen molar-refractivity contribution in [1.82, 2.24) is 10.2 Å². The summed E-state index contributed by atoms with van der Waals surface area (Å²) in [5.41, 5.74) is 0. The number of benzene rings is 1. The second-order valence-corrected chi connectivity index (χ2v) is 6.08. The first-order valence-electron chi connectivity index (χ1n) is 6.97. The van der Waals surface area contributed by atoms with E-state index in [1.54, 1.807) is 18.9 Å². The van der Waals surface area contributed by atoms with Crippen molar-refractivity contribution >= 4 is 30.1 Å². The number of hydrogen-bond donors (Lipinski definition) is 1. The van der Waals surface area contributed by atoms with Crippen LogP contribution in [-0.2, 0) is 4.79 Å². The summed E-state index contributed by atoms with van der Waals surface area (Å²) in [7, 11) is 1.66. The van der Waals surface area contributed by atoms with Gasteiger partial charge in [0.25, 0.3) is 0 Å². The van der Waals surface area contributed by atoms with Crippen LogP contribution in [0.15, 0.2) is 29.2 Å². The minimum atomic E-state index is 0. The van der Waals surface area contributed by atoms with E-state index >= 15 is 0 Å². The van der Waals surface area contributed by atoms with Crippen LogP contribution >= 0.6 is 24.2 Å². The number of halogens is 1. The number of methoxy groups -OCH3 is 1. The van der Waals surface area contributed by atoms with E-state index < -0.39 is 0 Å². The molecule has 4 nitrogen and oxygen atoms in total. The first kappa shape index (κ1) is 18.1. The molecule has 1 aliphatic heterocycles. The molecule has 1 atom stereocenters. The van der Waals surface area contributed by atoms with Crippen LogP contribution in [0.3, 0.4) is 0 Å².